The SMILES string of the molecule is O=C(NCCc1ccc(Cl)cc1)c1cc(F)ccc1O. The molecule has 2 rings (SSSR count). The second-order valence-corrected chi connectivity index (χ2v) is 4.73. The van der Waals surface area contributed by atoms with Gasteiger partial charge in [-0.3, -0.25) is 4.79 Å². The molecule has 0 unspecified atom stereocenters. The number of aromatic hydroxyl groups is 1. The summed E-state index contributed by atoms with van der Waals surface area (Å²) in [6.07, 6.45) is 0.624. The van der Waals surface area contributed by atoms with Gasteiger partial charge in [-0.05, 0) is 42.3 Å². The van der Waals surface area contributed by atoms with Gasteiger partial charge in [-0.25, -0.2) is 4.39 Å². The van der Waals surface area contributed by atoms with E-state index in [9.17, 15) is 14.3 Å². The zero-order chi connectivity index (χ0) is 14.5. The molecule has 0 fully saturated rings. The summed E-state index contributed by atoms with van der Waals surface area (Å²) < 4.78 is 13.0. The van der Waals surface area contributed by atoms with Crippen molar-refractivity contribution in [3.63, 3.8) is 0 Å². The van der Waals surface area contributed by atoms with Crippen molar-refractivity contribution < 1.29 is 14.3 Å². The number of nitrogens with one attached hydrogen (secondary N) is 1. The molecule has 0 bridgehead atoms. The number of rotatable bonds is 4. The van der Waals surface area contributed by atoms with Crippen molar-refractivity contribution in [1.29, 1.82) is 0 Å². The lowest BCUT2D eigenvalue weighted by Gasteiger charge is -2.07. The molecule has 3 nitrogen and oxygen atoms in total. The van der Waals surface area contributed by atoms with Gasteiger partial charge in [-0.1, -0.05) is 23.7 Å². The summed E-state index contributed by atoms with van der Waals surface area (Å²) in [7, 11) is 0. The zero-order valence-corrected chi connectivity index (χ0v) is 11.3. The number of phenols is 1. The summed E-state index contributed by atoms with van der Waals surface area (Å²) in [5.41, 5.74) is 0.958. The highest BCUT2D eigenvalue weighted by Crippen LogP contribution is 2.17. The van der Waals surface area contributed by atoms with Crippen LogP contribution in [0.2, 0.25) is 5.02 Å². The molecule has 20 heavy (non-hydrogen) atoms. The van der Waals surface area contributed by atoms with E-state index in [0.717, 1.165) is 23.8 Å². The minimum absolute atomic E-state index is 0.0684. The minimum Gasteiger partial charge on any atom is -0.507 e. The molecular weight excluding hydrogens is 281 g/mol. The van der Waals surface area contributed by atoms with Gasteiger partial charge in [-0.2, -0.15) is 0 Å². The van der Waals surface area contributed by atoms with Gasteiger partial charge >= 0.3 is 0 Å². The zero-order valence-electron chi connectivity index (χ0n) is 10.6. The lowest BCUT2D eigenvalue weighted by molar-refractivity contribution is 0.0951. The molecule has 0 spiro atoms. The van der Waals surface area contributed by atoms with Crippen molar-refractivity contribution >= 4 is 17.5 Å². The molecule has 0 heterocycles. The van der Waals surface area contributed by atoms with E-state index in [0.29, 0.717) is 18.0 Å². The van der Waals surface area contributed by atoms with Crippen molar-refractivity contribution in [2.45, 2.75) is 6.42 Å². The second kappa shape index (κ2) is 6.39. The van der Waals surface area contributed by atoms with Crippen LogP contribution in [0.4, 0.5) is 4.39 Å². The van der Waals surface area contributed by atoms with E-state index in [1.807, 2.05) is 12.1 Å². The average Bonchev–Trinajstić information content (AvgIpc) is 2.43. The number of benzene rings is 2. The maximum Gasteiger partial charge on any atom is 0.255 e. The number of carbonyl (C=O) groups excluding carboxylic acids is 1. The Morgan fingerprint density at radius 3 is 2.60 bits per heavy atom. The Balaban J connectivity index is 1.92. The Bertz CT molecular complexity index is 614. The van der Waals surface area contributed by atoms with Gasteiger partial charge in [0.25, 0.3) is 5.91 Å². The van der Waals surface area contributed by atoms with Crippen LogP contribution < -0.4 is 5.32 Å². The van der Waals surface area contributed by atoms with Gasteiger partial charge in [0.15, 0.2) is 0 Å². The first-order chi connectivity index (χ1) is 9.56. The van der Waals surface area contributed by atoms with Crippen LogP contribution in [0, 0.1) is 5.82 Å². The Hall–Kier alpha value is -2.07. The molecule has 0 aliphatic heterocycles. The Kier molecular flexibility index (Phi) is 4.58. The third kappa shape index (κ3) is 3.71. The highest BCUT2D eigenvalue weighted by molar-refractivity contribution is 6.30. The summed E-state index contributed by atoms with van der Waals surface area (Å²) in [5, 5.41) is 12.8. The van der Waals surface area contributed by atoms with Gasteiger partial charge in [-0.15, -0.1) is 0 Å². The van der Waals surface area contributed by atoms with Crippen molar-refractivity contribution in [3.05, 3.63) is 64.4 Å². The average molecular weight is 294 g/mol. The summed E-state index contributed by atoms with van der Waals surface area (Å²) in [5.74, 6) is -1.31. The van der Waals surface area contributed by atoms with Crippen LogP contribution >= 0.6 is 11.6 Å². The third-order valence-corrected chi connectivity index (χ3v) is 3.07. The molecule has 5 heteroatoms. The fraction of sp³-hybridized carbons (Fsp3) is 0.133. The van der Waals surface area contributed by atoms with Crippen molar-refractivity contribution in [3.8, 4) is 5.75 Å². The molecule has 0 saturated heterocycles. The van der Waals surface area contributed by atoms with E-state index in [-0.39, 0.29) is 11.3 Å². The van der Waals surface area contributed by atoms with Crippen LogP contribution in [0.3, 0.4) is 0 Å². The normalized spacial score (nSPS) is 10.3. The number of hydrogen-bond acceptors (Lipinski definition) is 2. The van der Waals surface area contributed by atoms with Crippen LogP contribution in [0.25, 0.3) is 0 Å². The van der Waals surface area contributed by atoms with Crippen LogP contribution in [-0.4, -0.2) is 17.6 Å². The molecule has 2 aromatic carbocycles. The lowest BCUT2D eigenvalue weighted by Crippen LogP contribution is -2.25. The second-order valence-electron chi connectivity index (χ2n) is 4.29. The van der Waals surface area contributed by atoms with E-state index in [2.05, 4.69) is 5.32 Å². The Labute approximate surface area is 121 Å². The molecule has 2 N–H and O–H groups in total. The van der Waals surface area contributed by atoms with Crippen molar-refractivity contribution in [1.82, 2.24) is 5.32 Å². The highest BCUT2D eigenvalue weighted by atomic mass is 35.5. The highest BCUT2D eigenvalue weighted by Gasteiger charge is 2.11. The summed E-state index contributed by atoms with van der Waals surface area (Å²) in [4.78, 5) is 11.8. The van der Waals surface area contributed by atoms with Gasteiger partial charge in [0.1, 0.15) is 11.6 Å². The summed E-state index contributed by atoms with van der Waals surface area (Å²) >= 11 is 5.78. The van der Waals surface area contributed by atoms with E-state index < -0.39 is 11.7 Å². The van der Waals surface area contributed by atoms with Gasteiger partial charge in [0, 0.05) is 11.6 Å². The standard InChI is InChI=1S/C15H13ClFNO2/c16-11-3-1-10(2-4-11)7-8-18-15(20)13-9-12(17)5-6-14(13)19/h1-6,9,19H,7-8H2,(H,18,20). The molecule has 0 aromatic heterocycles. The quantitative estimate of drug-likeness (QED) is 0.910. The molecule has 0 saturated carbocycles. The number of phenolic OH excluding ortho intramolecular Hbond substituents is 1. The van der Waals surface area contributed by atoms with Crippen LogP contribution in [0.1, 0.15) is 15.9 Å². The van der Waals surface area contributed by atoms with Gasteiger partial charge in [0.2, 0.25) is 0 Å². The third-order valence-electron chi connectivity index (χ3n) is 2.82. The first-order valence-corrected chi connectivity index (χ1v) is 6.45. The molecule has 1 amide bonds. The van der Waals surface area contributed by atoms with Crippen LogP contribution in [0.15, 0.2) is 42.5 Å². The first-order valence-electron chi connectivity index (χ1n) is 6.07. The maximum atomic E-state index is 13.0. The molecule has 104 valence electrons. The van der Waals surface area contributed by atoms with Crippen molar-refractivity contribution in [2.24, 2.45) is 0 Å². The largest absolute Gasteiger partial charge is 0.507 e. The van der Waals surface area contributed by atoms with Crippen LogP contribution in [0.5, 0.6) is 5.75 Å². The predicted molar refractivity (Wildman–Crippen MR) is 75.6 cm³/mol. The molecule has 0 atom stereocenters. The molecular formula is C15H13ClFNO2. The monoisotopic (exact) mass is 293 g/mol. The smallest absolute Gasteiger partial charge is 0.255 e. The lowest BCUT2D eigenvalue weighted by atomic mass is 10.1. The maximum absolute atomic E-state index is 13.0. The molecule has 0 radical (unpaired) electrons. The van der Waals surface area contributed by atoms with E-state index in [1.165, 1.54) is 0 Å². The van der Waals surface area contributed by atoms with Crippen LogP contribution in [-0.2, 0) is 6.42 Å². The number of amides is 1. The molecule has 2 aromatic rings. The Morgan fingerprint density at radius 1 is 1.20 bits per heavy atom. The number of halogens is 2. The van der Waals surface area contributed by atoms with E-state index in [4.69, 9.17) is 11.6 Å². The fourth-order valence-electron chi connectivity index (χ4n) is 1.76. The minimum atomic E-state index is -0.564. The molecule has 0 aliphatic rings. The fourth-order valence-corrected chi connectivity index (χ4v) is 1.88. The Morgan fingerprint density at radius 2 is 1.90 bits per heavy atom. The topological polar surface area (TPSA) is 49.3 Å². The van der Waals surface area contributed by atoms with Gasteiger partial charge < -0.3 is 10.4 Å². The number of carbonyl (C=O) groups is 1. The van der Waals surface area contributed by atoms with Gasteiger partial charge in [0.05, 0.1) is 5.56 Å². The van der Waals surface area contributed by atoms with E-state index >= 15 is 0 Å². The summed E-state index contributed by atoms with van der Waals surface area (Å²) in [6, 6.07) is 10.5. The molecule has 0 aliphatic carbocycles. The van der Waals surface area contributed by atoms with E-state index in [1.54, 1.807) is 12.1 Å². The van der Waals surface area contributed by atoms with Crippen molar-refractivity contribution in [2.75, 3.05) is 6.54 Å². The first kappa shape index (κ1) is 14.3. The summed E-state index contributed by atoms with van der Waals surface area (Å²) in [6.45, 7) is 0.385. The number of hydrogen-bond donors (Lipinski definition) is 2. The predicted octanol–water partition coefficient (Wildman–Crippen LogP) is 3.16.